The fourth-order valence-corrected chi connectivity index (χ4v) is 3.94. The summed E-state index contributed by atoms with van der Waals surface area (Å²) in [7, 11) is 2.16. The number of hydrogen-bond acceptors (Lipinski definition) is 7. The first-order valence-electron chi connectivity index (χ1n) is 10.6. The maximum Gasteiger partial charge on any atom is 0.274 e. The van der Waals surface area contributed by atoms with Gasteiger partial charge in [-0.2, -0.15) is 0 Å². The van der Waals surface area contributed by atoms with E-state index in [9.17, 15) is 4.79 Å². The van der Waals surface area contributed by atoms with Crippen LogP contribution >= 0.6 is 0 Å². The van der Waals surface area contributed by atoms with E-state index in [-0.39, 0.29) is 5.56 Å². The summed E-state index contributed by atoms with van der Waals surface area (Å²) < 4.78 is 1.62. The highest BCUT2D eigenvalue weighted by molar-refractivity contribution is 5.79. The topological polar surface area (TPSA) is 92.3 Å². The third-order valence-corrected chi connectivity index (χ3v) is 5.80. The quantitative estimate of drug-likeness (QED) is 0.484. The molecule has 0 unspecified atom stereocenters. The van der Waals surface area contributed by atoms with Gasteiger partial charge >= 0.3 is 0 Å². The highest BCUT2D eigenvalue weighted by Crippen LogP contribution is 2.23. The molecule has 0 spiro atoms. The Labute approximate surface area is 185 Å². The first kappa shape index (κ1) is 20.0. The van der Waals surface area contributed by atoms with Gasteiger partial charge in [-0.15, -0.1) is 0 Å². The van der Waals surface area contributed by atoms with Crippen LogP contribution in [0.3, 0.4) is 0 Å². The second kappa shape index (κ2) is 8.32. The monoisotopic (exact) mass is 427 g/mol. The van der Waals surface area contributed by atoms with Crippen molar-refractivity contribution in [3.05, 3.63) is 77.3 Å². The van der Waals surface area contributed by atoms with E-state index in [0.29, 0.717) is 22.5 Å². The summed E-state index contributed by atoms with van der Waals surface area (Å²) in [4.78, 5) is 26.1. The molecule has 2 aromatic carbocycles. The summed E-state index contributed by atoms with van der Waals surface area (Å²) in [5.74, 6) is 0.640. The first-order chi connectivity index (χ1) is 15.6. The minimum absolute atomic E-state index is 0.212. The zero-order valence-electron chi connectivity index (χ0n) is 17.9. The number of nitrogens with one attached hydrogen (secondary N) is 1. The molecule has 162 valence electrons. The second-order valence-corrected chi connectivity index (χ2v) is 8.04. The van der Waals surface area contributed by atoms with Crippen LogP contribution in [0.2, 0.25) is 0 Å². The van der Waals surface area contributed by atoms with E-state index < -0.39 is 0 Å². The third-order valence-electron chi connectivity index (χ3n) is 5.80. The molecular formula is C24H25N7O. The number of piperazine rings is 1. The summed E-state index contributed by atoms with van der Waals surface area (Å²) in [6, 6.07) is 17.4. The zero-order valence-corrected chi connectivity index (χ0v) is 17.9. The van der Waals surface area contributed by atoms with Crippen molar-refractivity contribution in [2.24, 2.45) is 0 Å². The number of fused-ring (bicyclic) bond motifs is 1. The number of pyridine rings is 1. The normalized spacial score (nSPS) is 14.6. The van der Waals surface area contributed by atoms with Crippen LogP contribution in [0.4, 0.5) is 22.9 Å². The van der Waals surface area contributed by atoms with Gasteiger partial charge in [-0.05, 0) is 55.6 Å². The van der Waals surface area contributed by atoms with E-state index in [4.69, 9.17) is 5.73 Å². The van der Waals surface area contributed by atoms with Crippen LogP contribution in [0, 0.1) is 0 Å². The lowest BCUT2D eigenvalue weighted by atomic mass is 10.2. The first-order valence-corrected chi connectivity index (χ1v) is 10.6. The van der Waals surface area contributed by atoms with E-state index in [1.807, 2.05) is 18.2 Å². The van der Waals surface area contributed by atoms with Crippen molar-refractivity contribution in [1.82, 2.24) is 19.4 Å². The van der Waals surface area contributed by atoms with Crippen molar-refractivity contribution >= 4 is 33.9 Å². The molecule has 1 aliphatic rings. The molecule has 0 atom stereocenters. The lowest BCUT2D eigenvalue weighted by molar-refractivity contribution is 0.313. The van der Waals surface area contributed by atoms with Gasteiger partial charge in [-0.3, -0.25) is 9.36 Å². The van der Waals surface area contributed by atoms with Crippen molar-refractivity contribution in [3.63, 3.8) is 0 Å². The molecule has 3 N–H and O–H groups in total. The number of benzene rings is 2. The lowest BCUT2D eigenvalue weighted by Gasteiger charge is -2.34. The Morgan fingerprint density at radius 1 is 0.875 bits per heavy atom. The van der Waals surface area contributed by atoms with Gasteiger partial charge in [-0.1, -0.05) is 0 Å². The Balaban J connectivity index is 1.43. The fourth-order valence-electron chi connectivity index (χ4n) is 3.94. The lowest BCUT2D eigenvalue weighted by Crippen LogP contribution is -2.44. The van der Waals surface area contributed by atoms with E-state index >= 15 is 0 Å². The third kappa shape index (κ3) is 4.00. The summed E-state index contributed by atoms with van der Waals surface area (Å²) in [5, 5.41) is 3.34. The molecule has 1 saturated heterocycles. The Bertz CT molecular complexity index is 1290. The van der Waals surface area contributed by atoms with E-state index in [2.05, 4.69) is 56.4 Å². The maximum atomic E-state index is 12.6. The maximum absolute atomic E-state index is 12.6. The van der Waals surface area contributed by atoms with Crippen molar-refractivity contribution in [2.45, 2.75) is 0 Å². The van der Waals surface area contributed by atoms with Crippen LogP contribution in [0.5, 0.6) is 0 Å². The zero-order chi connectivity index (χ0) is 22.1. The molecule has 5 rings (SSSR count). The highest BCUT2D eigenvalue weighted by Gasteiger charge is 2.14. The summed E-state index contributed by atoms with van der Waals surface area (Å²) in [6.45, 7) is 4.21. The number of likely N-dealkylation sites (N-methyl/N-ethyl adjacent to an activating group) is 1. The Kier molecular flexibility index (Phi) is 5.20. The highest BCUT2D eigenvalue weighted by atomic mass is 16.1. The summed E-state index contributed by atoms with van der Waals surface area (Å²) in [5.41, 5.74) is 10.4. The Morgan fingerprint density at radius 2 is 1.56 bits per heavy atom. The molecule has 4 aromatic rings. The number of rotatable bonds is 4. The van der Waals surface area contributed by atoms with Crippen molar-refractivity contribution in [2.75, 3.05) is 49.2 Å². The van der Waals surface area contributed by atoms with Gasteiger partial charge in [-0.25, -0.2) is 9.97 Å². The largest absolute Gasteiger partial charge is 0.399 e. The summed E-state index contributed by atoms with van der Waals surface area (Å²) >= 11 is 0. The SMILES string of the molecule is CN1CCN(c2ccc(Nc3cc4c(cn3)ncc(=O)n4-c3ccc(N)cc3)cc2)CC1. The van der Waals surface area contributed by atoms with Crippen LogP contribution in [0.1, 0.15) is 0 Å². The molecule has 1 fully saturated rings. The number of nitrogens with zero attached hydrogens (tertiary/aromatic N) is 5. The summed E-state index contributed by atoms with van der Waals surface area (Å²) in [6.07, 6.45) is 2.98. The minimum atomic E-state index is -0.212. The molecule has 0 amide bonds. The van der Waals surface area contributed by atoms with Gasteiger partial charge in [0.1, 0.15) is 11.3 Å². The number of nitrogens with two attached hydrogens (primary N) is 1. The molecule has 0 radical (unpaired) electrons. The molecule has 8 heteroatoms. The van der Waals surface area contributed by atoms with E-state index in [1.165, 1.54) is 11.9 Å². The van der Waals surface area contributed by atoms with Crippen molar-refractivity contribution < 1.29 is 0 Å². The Hall–Kier alpha value is -3.91. The van der Waals surface area contributed by atoms with Gasteiger partial charge < -0.3 is 20.9 Å². The fraction of sp³-hybridized carbons (Fsp3) is 0.208. The number of hydrogen-bond donors (Lipinski definition) is 2. The smallest absolute Gasteiger partial charge is 0.274 e. The van der Waals surface area contributed by atoms with Gasteiger partial charge in [0.25, 0.3) is 5.56 Å². The van der Waals surface area contributed by atoms with Crippen LogP contribution in [-0.2, 0) is 0 Å². The number of anilines is 4. The predicted molar refractivity (Wildman–Crippen MR) is 129 cm³/mol. The number of aromatic nitrogens is 3. The average molecular weight is 428 g/mol. The molecule has 0 saturated carbocycles. The van der Waals surface area contributed by atoms with Crippen LogP contribution in [0.15, 0.2) is 71.8 Å². The molecule has 0 aliphatic carbocycles. The molecule has 1 aliphatic heterocycles. The molecular weight excluding hydrogens is 402 g/mol. The molecule has 0 bridgehead atoms. The van der Waals surface area contributed by atoms with Gasteiger partial charge in [0, 0.05) is 55.0 Å². The van der Waals surface area contributed by atoms with E-state index in [1.54, 1.807) is 22.9 Å². The number of nitrogen functional groups attached to an aromatic ring is 1. The standard InChI is InChI=1S/C24H25N7O/c1-29-10-12-30(13-11-29)19-8-4-18(5-9-19)28-23-14-22-21(15-27-23)26-16-24(32)31(22)20-6-2-17(25)3-7-20/h2-9,14-16H,10-13,25H2,1H3,(H,27,28). The van der Waals surface area contributed by atoms with Gasteiger partial charge in [0.2, 0.25) is 0 Å². The van der Waals surface area contributed by atoms with Crippen LogP contribution in [-0.4, -0.2) is 52.7 Å². The van der Waals surface area contributed by atoms with E-state index in [0.717, 1.165) is 37.6 Å². The average Bonchev–Trinajstić information content (AvgIpc) is 2.81. The van der Waals surface area contributed by atoms with Crippen LogP contribution < -0.4 is 21.5 Å². The molecule has 32 heavy (non-hydrogen) atoms. The van der Waals surface area contributed by atoms with Crippen molar-refractivity contribution in [1.29, 1.82) is 0 Å². The second-order valence-electron chi connectivity index (χ2n) is 8.04. The van der Waals surface area contributed by atoms with Crippen molar-refractivity contribution in [3.8, 4) is 5.69 Å². The molecule has 2 aromatic heterocycles. The van der Waals surface area contributed by atoms with Crippen LogP contribution in [0.25, 0.3) is 16.7 Å². The predicted octanol–water partition coefficient (Wildman–Crippen LogP) is 2.86. The van der Waals surface area contributed by atoms with Gasteiger partial charge in [0.05, 0.1) is 17.9 Å². The Morgan fingerprint density at radius 3 is 2.28 bits per heavy atom. The van der Waals surface area contributed by atoms with Gasteiger partial charge in [0.15, 0.2) is 0 Å². The minimum Gasteiger partial charge on any atom is -0.399 e. The molecule has 3 heterocycles. The molecule has 8 nitrogen and oxygen atoms in total.